The minimum absolute atomic E-state index is 0.215. The van der Waals surface area contributed by atoms with Crippen molar-refractivity contribution < 1.29 is 5.11 Å². The van der Waals surface area contributed by atoms with E-state index in [1.165, 1.54) is 35.1 Å². The van der Waals surface area contributed by atoms with Gasteiger partial charge < -0.3 is 10.0 Å². The van der Waals surface area contributed by atoms with Crippen LogP contribution in [0.3, 0.4) is 0 Å². The van der Waals surface area contributed by atoms with Gasteiger partial charge in [0.05, 0.1) is 5.39 Å². The standard InChI is InChI=1S/C25H25N3OS/c29-15-13-21-8-4-5-14-28(21)24-23-22(16-30-25(23)27-17-26-24)20-11-9-19(10-12-20)18-6-2-1-3-7-18/h1-3,6-7,9-12,16-17,21,29H,4-5,8,13-15H2. The second kappa shape index (κ2) is 8.54. The van der Waals surface area contributed by atoms with E-state index in [0.29, 0.717) is 6.04 Å². The maximum absolute atomic E-state index is 9.55. The third-order valence-corrected chi connectivity index (χ3v) is 6.90. The number of nitrogens with zero attached hydrogens (tertiary/aromatic N) is 3. The van der Waals surface area contributed by atoms with Crippen LogP contribution in [0.1, 0.15) is 25.7 Å². The van der Waals surface area contributed by atoms with Gasteiger partial charge in [0.25, 0.3) is 0 Å². The van der Waals surface area contributed by atoms with Crippen molar-refractivity contribution >= 4 is 27.4 Å². The largest absolute Gasteiger partial charge is 0.396 e. The van der Waals surface area contributed by atoms with Crippen LogP contribution in [0.2, 0.25) is 0 Å². The molecule has 1 fully saturated rings. The van der Waals surface area contributed by atoms with Gasteiger partial charge in [0.1, 0.15) is 17.0 Å². The number of hydrogen-bond donors (Lipinski definition) is 1. The summed E-state index contributed by atoms with van der Waals surface area (Å²) in [4.78, 5) is 12.7. The monoisotopic (exact) mass is 415 g/mol. The molecule has 4 aromatic rings. The van der Waals surface area contributed by atoms with Crippen molar-refractivity contribution in [2.24, 2.45) is 0 Å². The van der Waals surface area contributed by atoms with Crippen LogP contribution >= 0.6 is 11.3 Å². The van der Waals surface area contributed by atoms with Gasteiger partial charge in [-0.3, -0.25) is 0 Å². The maximum Gasteiger partial charge on any atom is 0.141 e. The van der Waals surface area contributed by atoms with Crippen LogP contribution in [0.5, 0.6) is 0 Å². The maximum atomic E-state index is 9.55. The van der Waals surface area contributed by atoms with E-state index in [-0.39, 0.29) is 6.61 Å². The predicted molar refractivity (Wildman–Crippen MR) is 125 cm³/mol. The van der Waals surface area contributed by atoms with Crippen LogP contribution in [0.25, 0.3) is 32.5 Å². The highest BCUT2D eigenvalue weighted by molar-refractivity contribution is 7.17. The molecule has 4 nitrogen and oxygen atoms in total. The fourth-order valence-electron chi connectivity index (χ4n) is 4.49. The molecule has 0 aliphatic carbocycles. The molecule has 1 N–H and O–H groups in total. The molecule has 1 unspecified atom stereocenters. The Morgan fingerprint density at radius 3 is 2.50 bits per heavy atom. The number of aliphatic hydroxyl groups is 1. The molecule has 152 valence electrons. The summed E-state index contributed by atoms with van der Waals surface area (Å²) in [6.45, 7) is 1.20. The van der Waals surface area contributed by atoms with Gasteiger partial charge in [-0.15, -0.1) is 11.3 Å². The van der Waals surface area contributed by atoms with Crippen LogP contribution < -0.4 is 4.90 Å². The van der Waals surface area contributed by atoms with Gasteiger partial charge in [-0.2, -0.15) is 0 Å². The summed E-state index contributed by atoms with van der Waals surface area (Å²) < 4.78 is 0. The molecule has 30 heavy (non-hydrogen) atoms. The first kappa shape index (κ1) is 19.2. The highest BCUT2D eigenvalue weighted by Gasteiger charge is 2.26. The van der Waals surface area contributed by atoms with Crippen molar-refractivity contribution in [3.8, 4) is 22.3 Å². The second-order valence-electron chi connectivity index (χ2n) is 7.83. The number of aromatic nitrogens is 2. The lowest BCUT2D eigenvalue weighted by Crippen LogP contribution is -2.40. The topological polar surface area (TPSA) is 49.2 Å². The summed E-state index contributed by atoms with van der Waals surface area (Å²) in [5.74, 6) is 1.02. The molecule has 0 bridgehead atoms. The molecule has 1 atom stereocenters. The second-order valence-corrected chi connectivity index (χ2v) is 8.68. The van der Waals surface area contributed by atoms with Gasteiger partial charge in [0, 0.05) is 30.1 Å². The smallest absolute Gasteiger partial charge is 0.141 e. The van der Waals surface area contributed by atoms with Crippen molar-refractivity contribution in [2.75, 3.05) is 18.1 Å². The fourth-order valence-corrected chi connectivity index (χ4v) is 5.40. The van der Waals surface area contributed by atoms with Gasteiger partial charge in [-0.25, -0.2) is 9.97 Å². The zero-order valence-electron chi connectivity index (χ0n) is 16.9. The Kier molecular flexibility index (Phi) is 5.47. The van der Waals surface area contributed by atoms with Crippen LogP contribution in [0.15, 0.2) is 66.3 Å². The molecule has 1 saturated heterocycles. The van der Waals surface area contributed by atoms with Gasteiger partial charge in [-0.05, 0) is 42.4 Å². The van der Waals surface area contributed by atoms with E-state index in [1.807, 2.05) is 6.07 Å². The van der Waals surface area contributed by atoms with Crippen LogP contribution in [0, 0.1) is 0 Å². The van der Waals surface area contributed by atoms with Crippen molar-refractivity contribution in [1.29, 1.82) is 0 Å². The highest BCUT2D eigenvalue weighted by atomic mass is 32.1. The number of fused-ring (bicyclic) bond motifs is 1. The number of anilines is 1. The van der Waals surface area contributed by atoms with Crippen molar-refractivity contribution in [3.63, 3.8) is 0 Å². The van der Waals surface area contributed by atoms with Crippen LogP contribution in [-0.2, 0) is 0 Å². The molecular formula is C25H25N3OS. The summed E-state index contributed by atoms with van der Waals surface area (Å²) >= 11 is 1.67. The molecular weight excluding hydrogens is 390 g/mol. The zero-order chi connectivity index (χ0) is 20.3. The van der Waals surface area contributed by atoms with E-state index >= 15 is 0 Å². The van der Waals surface area contributed by atoms with Crippen LogP contribution in [0.4, 0.5) is 5.82 Å². The normalized spacial score (nSPS) is 16.8. The number of aliphatic hydroxyl groups excluding tert-OH is 1. The van der Waals surface area contributed by atoms with Gasteiger partial charge in [-0.1, -0.05) is 54.6 Å². The minimum Gasteiger partial charge on any atom is -0.396 e. The lowest BCUT2D eigenvalue weighted by atomic mass is 9.97. The van der Waals surface area contributed by atoms with Gasteiger partial charge >= 0.3 is 0 Å². The SMILES string of the molecule is OCCC1CCCCN1c1ncnc2scc(-c3ccc(-c4ccccc4)cc3)c12. The molecule has 0 spiro atoms. The zero-order valence-corrected chi connectivity index (χ0v) is 17.7. The molecule has 5 rings (SSSR count). The summed E-state index contributed by atoms with van der Waals surface area (Å²) in [6.07, 6.45) is 5.96. The van der Waals surface area contributed by atoms with Crippen molar-refractivity contribution in [3.05, 3.63) is 66.3 Å². The molecule has 0 amide bonds. The molecule has 1 aliphatic rings. The summed E-state index contributed by atoms with van der Waals surface area (Å²) in [5, 5.41) is 12.9. The lowest BCUT2D eigenvalue weighted by Gasteiger charge is -2.37. The van der Waals surface area contributed by atoms with E-state index in [0.717, 1.165) is 35.4 Å². The Labute approximate surface area is 180 Å². The molecule has 2 aromatic heterocycles. The number of thiophene rings is 1. The van der Waals surface area contributed by atoms with E-state index in [4.69, 9.17) is 4.98 Å². The lowest BCUT2D eigenvalue weighted by molar-refractivity contribution is 0.262. The number of benzene rings is 2. The molecule has 0 radical (unpaired) electrons. The molecule has 1 aliphatic heterocycles. The first-order chi connectivity index (χ1) is 14.8. The predicted octanol–water partition coefficient (Wildman–Crippen LogP) is 5.77. The Morgan fingerprint density at radius 2 is 1.70 bits per heavy atom. The fraction of sp³-hybridized carbons (Fsp3) is 0.280. The number of hydrogen-bond acceptors (Lipinski definition) is 5. The third-order valence-electron chi connectivity index (χ3n) is 6.01. The van der Waals surface area contributed by atoms with Crippen LogP contribution in [-0.4, -0.2) is 34.3 Å². The molecule has 5 heteroatoms. The highest BCUT2D eigenvalue weighted by Crippen LogP contribution is 2.40. The first-order valence-corrected chi connectivity index (χ1v) is 11.5. The number of piperidine rings is 1. The van der Waals surface area contributed by atoms with E-state index in [2.05, 4.69) is 63.8 Å². The Balaban J connectivity index is 1.56. The average Bonchev–Trinajstić information content (AvgIpc) is 3.25. The Hall–Kier alpha value is -2.76. The summed E-state index contributed by atoms with van der Waals surface area (Å²) in [5.41, 5.74) is 4.82. The van der Waals surface area contributed by atoms with Gasteiger partial charge in [0.2, 0.25) is 0 Å². The molecule has 2 aromatic carbocycles. The minimum atomic E-state index is 0.215. The van der Waals surface area contributed by atoms with E-state index in [9.17, 15) is 5.11 Å². The molecule has 3 heterocycles. The van der Waals surface area contributed by atoms with E-state index < -0.39 is 0 Å². The number of rotatable bonds is 5. The Bertz CT molecular complexity index is 1120. The summed E-state index contributed by atoms with van der Waals surface area (Å²) in [7, 11) is 0. The van der Waals surface area contributed by atoms with Gasteiger partial charge in [0.15, 0.2) is 0 Å². The quantitative estimate of drug-likeness (QED) is 0.450. The summed E-state index contributed by atoms with van der Waals surface area (Å²) in [6, 6.07) is 19.6. The third kappa shape index (κ3) is 3.59. The van der Waals surface area contributed by atoms with Crippen molar-refractivity contribution in [1.82, 2.24) is 9.97 Å². The van der Waals surface area contributed by atoms with Crippen molar-refractivity contribution in [2.45, 2.75) is 31.7 Å². The first-order valence-electron chi connectivity index (χ1n) is 10.6. The Morgan fingerprint density at radius 1 is 0.933 bits per heavy atom. The van der Waals surface area contributed by atoms with E-state index in [1.54, 1.807) is 17.7 Å². The average molecular weight is 416 g/mol. The molecule has 0 saturated carbocycles.